The highest BCUT2D eigenvalue weighted by Crippen LogP contribution is 2.46. The molecule has 1 aliphatic rings. The highest BCUT2D eigenvalue weighted by molar-refractivity contribution is 6.00. The number of carboxylic acid groups (broad SMARTS) is 1. The van der Waals surface area contributed by atoms with Gasteiger partial charge >= 0.3 is 5.97 Å². The first-order chi connectivity index (χ1) is 25.6. The second kappa shape index (κ2) is 20.0. The third-order valence-electron chi connectivity index (χ3n) is 9.97. The molecule has 1 N–H and O–H groups in total. The lowest BCUT2D eigenvalue weighted by Gasteiger charge is -2.24. The van der Waals surface area contributed by atoms with Gasteiger partial charge in [-0.05, 0) is 87.3 Å². The highest BCUT2D eigenvalue weighted by Gasteiger charge is 2.28. The number of nitrogens with zero attached hydrogens (tertiary/aromatic N) is 5. The average Bonchev–Trinajstić information content (AvgIpc) is 3.48. The van der Waals surface area contributed by atoms with Gasteiger partial charge in [0, 0.05) is 60.3 Å². The van der Waals surface area contributed by atoms with Crippen molar-refractivity contribution in [1.82, 2.24) is 24.4 Å². The van der Waals surface area contributed by atoms with Gasteiger partial charge in [0.1, 0.15) is 5.69 Å². The summed E-state index contributed by atoms with van der Waals surface area (Å²) >= 11 is 0. The molecule has 0 radical (unpaired) electrons. The summed E-state index contributed by atoms with van der Waals surface area (Å²) in [5, 5.41) is 12.1. The van der Waals surface area contributed by atoms with Gasteiger partial charge in [0.2, 0.25) is 5.91 Å². The molecule has 5 aromatic rings. The lowest BCUT2D eigenvalue weighted by atomic mass is 9.81. The number of fused-ring (bicyclic) bond motifs is 2. The fraction of sp³-hybridized carbons (Fsp3) is 0.489. The van der Waals surface area contributed by atoms with Crippen LogP contribution in [0.25, 0.3) is 44.5 Å². The van der Waals surface area contributed by atoms with Crippen molar-refractivity contribution < 1.29 is 14.7 Å². The minimum Gasteiger partial charge on any atom is -0.478 e. The molecule has 0 atom stereocenters. The summed E-state index contributed by atoms with van der Waals surface area (Å²) in [5.41, 5.74) is 9.81. The Labute approximate surface area is 317 Å². The molecule has 2 aromatic carbocycles. The maximum atomic E-state index is 11.9. The molecule has 1 fully saturated rings. The molecule has 8 heteroatoms. The summed E-state index contributed by atoms with van der Waals surface area (Å²) in [6.07, 6.45) is 14.5. The molecule has 0 spiro atoms. The lowest BCUT2D eigenvalue weighted by molar-refractivity contribution is -0.130. The second-order valence-corrected chi connectivity index (χ2v) is 14.2. The minimum atomic E-state index is -0.885. The summed E-state index contributed by atoms with van der Waals surface area (Å²) in [4.78, 5) is 38.9. The number of aryl methyl sites for hydroxylation is 3. The highest BCUT2D eigenvalue weighted by atomic mass is 16.4. The standard InChI is InChI=1S/C33H34N4O2.C9H19NO.C3H8/c1-4-18-37-29-19-23(33(38)39)10-11-26(29)30(22-8-6-5-7-9-22)32(37)25-13-14-27-24(20(25)2)12-15-28(36-27)31-21(3)34-16-17-35-31;1-4-7-10(8-5-2)9(11)6-3;1-3-2/h10-17,19,22H,4-9,18H2,1-3H3,(H,38,39);4-8H2,1-3H3;3H2,1-2H3. The third kappa shape index (κ3) is 9.70. The molecule has 0 unspecified atom stereocenters. The number of benzene rings is 2. The van der Waals surface area contributed by atoms with Crippen LogP contribution in [0.1, 0.15) is 139 Å². The lowest BCUT2D eigenvalue weighted by Crippen LogP contribution is -2.31. The molecule has 3 heterocycles. The van der Waals surface area contributed by atoms with Crippen molar-refractivity contribution in [2.45, 2.75) is 132 Å². The van der Waals surface area contributed by atoms with Crippen molar-refractivity contribution in [3.05, 3.63) is 77.2 Å². The van der Waals surface area contributed by atoms with Gasteiger partial charge in [0.05, 0.1) is 28.2 Å². The molecule has 3 aromatic heterocycles. The summed E-state index contributed by atoms with van der Waals surface area (Å²) in [5.74, 6) is -0.127. The van der Waals surface area contributed by atoms with E-state index in [1.807, 2.05) is 36.9 Å². The van der Waals surface area contributed by atoms with Crippen LogP contribution in [0.3, 0.4) is 0 Å². The Balaban J connectivity index is 0.000000383. The number of hydrogen-bond acceptors (Lipinski definition) is 5. The zero-order valence-corrected chi connectivity index (χ0v) is 33.5. The van der Waals surface area contributed by atoms with Gasteiger partial charge in [-0.1, -0.05) is 85.4 Å². The molecular weight excluding hydrogens is 659 g/mol. The van der Waals surface area contributed by atoms with E-state index < -0.39 is 5.97 Å². The van der Waals surface area contributed by atoms with E-state index in [1.54, 1.807) is 18.5 Å². The van der Waals surface area contributed by atoms with Crippen molar-refractivity contribution in [3.63, 3.8) is 0 Å². The van der Waals surface area contributed by atoms with E-state index in [0.717, 1.165) is 72.4 Å². The van der Waals surface area contributed by atoms with Crippen LogP contribution in [0.15, 0.2) is 54.9 Å². The van der Waals surface area contributed by atoms with Crippen molar-refractivity contribution >= 4 is 33.7 Å². The van der Waals surface area contributed by atoms with Gasteiger partial charge in [0.25, 0.3) is 0 Å². The van der Waals surface area contributed by atoms with Crippen LogP contribution in [-0.4, -0.2) is 54.5 Å². The first-order valence-corrected chi connectivity index (χ1v) is 20.0. The zero-order valence-electron chi connectivity index (χ0n) is 33.5. The van der Waals surface area contributed by atoms with Gasteiger partial charge in [-0.3, -0.25) is 14.8 Å². The molecule has 284 valence electrons. The molecule has 8 nitrogen and oxygen atoms in total. The van der Waals surface area contributed by atoms with E-state index in [4.69, 9.17) is 4.98 Å². The number of hydrogen-bond donors (Lipinski definition) is 1. The normalized spacial score (nSPS) is 12.9. The fourth-order valence-electron chi connectivity index (χ4n) is 7.58. The van der Waals surface area contributed by atoms with Crippen LogP contribution in [0.2, 0.25) is 0 Å². The van der Waals surface area contributed by atoms with Crippen molar-refractivity contribution in [2.75, 3.05) is 13.1 Å². The van der Waals surface area contributed by atoms with Gasteiger partial charge < -0.3 is 14.6 Å². The van der Waals surface area contributed by atoms with Gasteiger partial charge in [-0.2, -0.15) is 0 Å². The average molecular weight is 720 g/mol. The van der Waals surface area contributed by atoms with Gasteiger partial charge in [-0.15, -0.1) is 0 Å². The van der Waals surface area contributed by atoms with Crippen LogP contribution in [0.5, 0.6) is 0 Å². The first kappa shape index (κ1) is 41.2. The number of carbonyl (C=O) groups is 2. The molecule has 1 aliphatic carbocycles. The zero-order chi connectivity index (χ0) is 38.5. The maximum absolute atomic E-state index is 11.9. The Hall–Kier alpha value is -4.59. The Bertz CT molecular complexity index is 1970. The quantitative estimate of drug-likeness (QED) is 0.146. The number of amides is 1. The van der Waals surface area contributed by atoms with E-state index in [1.165, 1.54) is 66.3 Å². The molecule has 1 saturated carbocycles. The number of pyridine rings is 1. The second-order valence-electron chi connectivity index (χ2n) is 14.2. The van der Waals surface area contributed by atoms with Crippen LogP contribution in [0, 0.1) is 13.8 Å². The van der Waals surface area contributed by atoms with Crippen LogP contribution in [0.4, 0.5) is 0 Å². The monoisotopic (exact) mass is 719 g/mol. The summed E-state index contributed by atoms with van der Waals surface area (Å²) in [6, 6.07) is 14.2. The number of carboxylic acids is 1. The predicted molar refractivity (Wildman–Crippen MR) is 220 cm³/mol. The molecular formula is C45H61N5O3. The summed E-state index contributed by atoms with van der Waals surface area (Å²) < 4.78 is 2.38. The van der Waals surface area contributed by atoms with Crippen LogP contribution in [-0.2, 0) is 11.3 Å². The Morgan fingerprint density at radius 1 is 0.830 bits per heavy atom. The molecule has 53 heavy (non-hydrogen) atoms. The topological polar surface area (TPSA) is 101 Å². The Morgan fingerprint density at radius 2 is 1.49 bits per heavy atom. The predicted octanol–water partition coefficient (Wildman–Crippen LogP) is 11.5. The van der Waals surface area contributed by atoms with Crippen molar-refractivity contribution in [1.29, 1.82) is 0 Å². The van der Waals surface area contributed by atoms with Crippen LogP contribution < -0.4 is 0 Å². The first-order valence-electron chi connectivity index (χ1n) is 20.0. The molecule has 0 aliphatic heterocycles. The van der Waals surface area contributed by atoms with E-state index in [-0.39, 0.29) is 5.91 Å². The third-order valence-corrected chi connectivity index (χ3v) is 9.97. The van der Waals surface area contributed by atoms with Crippen molar-refractivity contribution in [3.8, 4) is 22.6 Å². The molecule has 0 bridgehead atoms. The number of rotatable bonds is 11. The smallest absolute Gasteiger partial charge is 0.335 e. The number of carbonyl (C=O) groups excluding carboxylic acids is 1. The summed E-state index contributed by atoms with van der Waals surface area (Å²) in [7, 11) is 0. The van der Waals surface area contributed by atoms with E-state index in [0.29, 0.717) is 17.9 Å². The van der Waals surface area contributed by atoms with E-state index in [2.05, 4.69) is 74.3 Å². The number of aromatic nitrogens is 4. The van der Waals surface area contributed by atoms with E-state index in [9.17, 15) is 14.7 Å². The van der Waals surface area contributed by atoms with Gasteiger partial charge in [0.15, 0.2) is 0 Å². The molecule has 1 amide bonds. The summed E-state index contributed by atoms with van der Waals surface area (Å²) in [6.45, 7) is 19.4. The Kier molecular flexibility index (Phi) is 15.6. The van der Waals surface area contributed by atoms with Crippen molar-refractivity contribution in [2.24, 2.45) is 0 Å². The Morgan fingerprint density at radius 3 is 2.09 bits per heavy atom. The van der Waals surface area contributed by atoms with Gasteiger partial charge in [-0.25, -0.2) is 9.78 Å². The minimum absolute atomic E-state index is 0.286. The van der Waals surface area contributed by atoms with E-state index >= 15 is 0 Å². The molecule has 0 saturated heterocycles. The fourth-order valence-corrected chi connectivity index (χ4v) is 7.58. The number of aromatic carboxylic acids is 1. The van der Waals surface area contributed by atoms with Crippen LogP contribution >= 0.6 is 0 Å². The SMILES string of the molecule is CCC.CCCN(CCC)C(=O)CC.CCCn1c(-c2ccc3nc(-c4nccnc4C)ccc3c2C)c(C2CCCCC2)c2ccc(C(=O)O)cc21. The maximum Gasteiger partial charge on any atom is 0.335 e. The largest absolute Gasteiger partial charge is 0.478 e. The molecule has 6 rings (SSSR count).